The minimum absolute atomic E-state index is 0.0166. The molecule has 148 valence electrons. The van der Waals surface area contributed by atoms with Crippen LogP contribution in [0.5, 0.6) is 0 Å². The average Bonchev–Trinajstić information content (AvgIpc) is 2.45. The van der Waals surface area contributed by atoms with Gasteiger partial charge in [0, 0.05) is 0 Å². The molecule has 0 saturated heterocycles. The van der Waals surface area contributed by atoms with Gasteiger partial charge >= 0.3 is 11.9 Å². The van der Waals surface area contributed by atoms with Crippen LogP contribution in [0.1, 0.15) is 82.1 Å². The fourth-order valence-corrected chi connectivity index (χ4v) is 3.13. The number of rotatable bonds is 8. The van der Waals surface area contributed by atoms with Crippen LogP contribution in [0.25, 0.3) is 0 Å². The fraction of sp³-hybridized carbons (Fsp3) is 0.905. The van der Waals surface area contributed by atoms with Crippen molar-refractivity contribution in [2.75, 3.05) is 13.2 Å². The van der Waals surface area contributed by atoms with Gasteiger partial charge in [-0.1, -0.05) is 69.2 Å². The maximum absolute atomic E-state index is 13.1. The Morgan fingerprint density at radius 3 is 1.60 bits per heavy atom. The Morgan fingerprint density at radius 2 is 1.28 bits per heavy atom. The van der Waals surface area contributed by atoms with Gasteiger partial charge in [-0.2, -0.15) is 0 Å². The van der Waals surface area contributed by atoms with Crippen molar-refractivity contribution < 1.29 is 19.1 Å². The Balaban J connectivity index is 5.57. The van der Waals surface area contributed by atoms with E-state index >= 15 is 0 Å². The third kappa shape index (κ3) is 6.99. The maximum atomic E-state index is 13.1. The largest absolute Gasteiger partial charge is 0.465 e. The molecule has 4 nitrogen and oxygen atoms in total. The lowest BCUT2D eigenvalue weighted by atomic mass is 9.64. The van der Waals surface area contributed by atoms with Gasteiger partial charge in [-0.3, -0.25) is 9.59 Å². The van der Waals surface area contributed by atoms with Crippen LogP contribution < -0.4 is 0 Å². The van der Waals surface area contributed by atoms with E-state index in [0.717, 1.165) is 0 Å². The van der Waals surface area contributed by atoms with Crippen LogP contribution in [0, 0.1) is 28.1 Å². The minimum Gasteiger partial charge on any atom is -0.465 e. The average molecular weight is 357 g/mol. The third-order valence-electron chi connectivity index (χ3n) is 4.59. The van der Waals surface area contributed by atoms with Gasteiger partial charge in [-0.15, -0.1) is 0 Å². The summed E-state index contributed by atoms with van der Waals surface area (Å²) in [5.74, 6) is -1.08. The number of hydrogen-bond acceptors (Lipinski definition) is 4. The number of carbonyl (C=O) groups is 2. The Labute approximate surface area is 155 Å². The van der Waals surface area contributed by atoms with Crippen molar-refractivity contribution in [1.82, 2.24) is 0 Å². The zero-order chi connectivity index (χ0) is 20.1. The monoisotopic (exact) mass is 356 g/mol. The number of ether oxygens (including phenoxy) is 2. The zero-order valence-electron chi connectivity index (χ0n) is 18.1. The molecule has 0 aliphatic carbocycles. The van der Waals surface area contributed by atoms with E-state index in [2.05, 4.69) is 0 Å². The second-order valence-electron chi connectivity index (χ2n) is 9.81. The molecule has 2 unspecified atom stereocenters. The molecule has 0 fully saturated rings. The highest BCUT2D eigenvalue weighted by Crippen LogP contribution is 2.43. The summed E-state index contributed by atoms with van der Waals surface area (Å²) in [6, 6.07) is 0. The predicted molar refractivity (Wildman–Crippen MR) is 102 cm³/mol. The molecule has 0 aromatic heterocycles. The van der Waals surface area contributed by atoms with E-state index in [1.807, 2.05) is 69.2 Å². The lowest BCUT2D eigenvalue weighted by Crippen LogP contribution is -2.48. The third-order valence-corrected chi connectivity index (χ3v) is 4.59. The highest BCUT2D eigenvalue weighted by molar-refractivity contribution is 5.85. The molecule has 25 heavy (non-hydrogen) atoms. The van der Waals surface area contributed by atoms with E-state index < -0.39 is 11.3 Å². The summed E-state index contributed by atoms with van der Waals surface area (Å²) in [4.78, 5) is 25.9. The highest BCUT2D eigenvalue weighted by atomic mass is 16.5. The summed E-state index contributed by atoms with van der Waals surface area (Å²) in [6.45, 7) is 20.7. The van der Waals surface area contributed by atoms with Gasteiger partial charge in [0.15, 0.2) is 0 Å². The first-order valence-electron chi connectivity index (χ1n) is 9.55. The predicted octanol–water partition coefficient (Wildman–Crippen LogP) is 5.24. The summed E-state index contributed by atoms with van der Waals surface area (Å²) >= 11 is 0. The van der Waals surface area contributed by atoms with Gasteiger partial charge in [0.05, 0.1) is 24.5 Å². The van der Waals surface area contributed by atoms with Crippen molar-refractivity contribution in [3.8, 4) is 0 Å². The number of esters is 2. The van der Waals surface area contributed by atoms with Gasteiger partial charge in [-0.05, 0) is 29.6 Å². The first kappa shape index (κ1) is 23.9. The van der Waals surface area contributed by atoms with Crippen LogP contribution in [0.2, 0.25) is 0 Å². The van der Waals surface area contributed by atoms with E-state index in [-0.39, 0.29) is 28.7 Å². The van der Waals surface area contributed by atoms with Crippen molar-refractivity contribution in [2.24, 2.45) is 28.1 Å². The molecule has 0 aliphatic heterocycles. The van der Waals surface area contributed by atoms with Crippen LogP contribution in [0.4, 0.5) is 0 Å². The lowest BCUT2D eigenvalue weighted by Gasteiger charge is -2.40. The molecule has 0 aromatic carbocycles. The summed E-state index contributed by atoms with van der Waals surface area (Å²) in [6.07, 6.45) is 1.11. The molecule has 0 aliphatic rings. The van der Waals surface area contributed by atoms with Gasteiger partial charge in [0.25, 0.3) is 0 Å². The van der Waals surface area contributed by atoms with E-state index in [0.29, 0.717) is 26.1 Å². The number of hydrogen-bond donors (Lipinski definition) is 0. The van der Waals surface area contributed by atoms with E-state index in [1.54, 1.807) is 0 Å². The Bertz CT molecular complexity index is 440. The van der Waals surface area contributed by atoms with Crippen molar-refractivity contribution in [1.29, 1.82) is 0 Å². The highest BCUT2D eigenvalue weighted by Gasteiger charge is 2.51. The van der Waals surface area contributed by atoms with Crippen LogP contribution >= 0.6 is 0 Å². The quantitative estimate of drug-likeness (QED) is 0.558. The molecular formula is C21H40O4. The molecule has 0 rings (SSSR count). The second kappa shape index (κ2) is 9.05. The molecular weight excluding hydrogens is 316 g/mol. The van der Waals surface area contributed by atoms with Crippen molar-refractivity contribution in [3.05, 3.63) is 0 Å². The van der Waals surface area contributed by atoms with E-state index in [4.69, 9.17) is 9.47 Å². The van der Waals surface area contributed by atoms with Crippen molar-refractivity contribution in [2.45, 2.75) is 82.1 Å². The Morgan fingerprint density at radius 1 is 0.840 bits per heavy atom. The van der Waals surface area contributed by atoms with E-state index in [9.17, 15) is 9.59 Å². The molecule has 4 heteroatoms. The maximum Gasteiger partial charge on any atom is 0.313 e. The lowest BCUT2D eigenvalue weighted by molar-refractivity contribution is -0.177. The van der Waals surface area contributed by atoms with Crippen LogP contribution in [-0.4, -0.2) is 25.2 Å². The van der Waals surface area contributed by atoms with Gasteiger partial charge < -0.3 is 9.47 Å². The molecule has 0 heterocycles. The van der Waals surface area contributed by atoms with Crippen molar-refractivity contribution in [3.63, 3.8) is 0 Å². The minimum atomic E-state index is -0.852. The van der Waals surface area contributed by atoms with Crippen LogP contribution in [0.3, 0.4) is 0 Å². The summed E-state index contributed by atoms with van der Waals surface area (Å²) < 4.78 is 11.2. The molecule has 0 N–H and O–H groups in total. The molecule has 0 radical (unpaired) electrons. The van der Waals surface area contributed by atoms with Gasteiger partial charge in [0.1, 0.15) is 0 Å². The molecule has 0 aromatic rings. The van der Waals surface area contributed by atoms with Crippen LogP contribution in [0.15, 0.2) is 0 Å². The zero-order valence-corrected chi connectivity index (χ0v) is 18.1. The molecule has 0 saturated carbocycles. The molecule has 0 amide bonds. The summed E-state index contributed by atoms with van der Waals surface area (Å²) in [7, 11) is 0. The first-order chi connectivity index (χ1) is 11.2. The van der Waals surface area contributed by atoms with E-state index in [1.165, 1.54) is 0 Å². The van der Waals surface area contributed by atoms with Crippen molar-refractivity contribution >= 4 is 11.9 Å². The molecule has 2 atom stereocenters. The van der Waals surface area contributed by atoms with Gasteiger partial charge in [-0.25, -0.2) is 0 Å². The summed E-state index contributed by atoms with van der Waals surface area (Å²) in [5.41, 5.74) is -1.07. The summed E-state index contributed by atoms with van der Waals surface area (Å²) in [5, 5.41) is 0. The Hall–Kier alpha value is -1.06. The second-order valence-corrected chi connectivity index (χ2v) is 9.81. The smallest absolute Gasteiger partial charge is 0.313 e. The van der Waals surface area contributed by atoms with Crippen LogP contribution in [-0.2, 0) is 19.1 Å². The Kier molecular flexibility index (Phi) is 8.66. The standard InChI is InChI=1S/C21H40O4/c1-11-16(17(22)24-13-19(5,6)7)21(12-2,15(3)4)18(23)25-14-20(8,9)10/h15-16H,11-14H2,1-10H3. The topological polar surface area (TPSA) is 52.6 Å². The number of carbonyl (C=O) groups excluding carboxylic acids is 2. The normalized spacial score (nSPS) is 16.3. The van der Waals surface area contributed by atoms with Gasteiger partial charge in [0.2, 0.25) is 0 Å². The SMILES string of the molecule is CCC(C(=O)OCC(C)(C)C)C(CC)(C(=O)OCC(C)(C)C)C(C)C. The molecule has 0 bridgehead atoms. The molecule has 0 spiro atoms. The fourth-order valence-electron chi connectivity index (χ4n) is 3.13. The first-order valence-corrected chi connectivity index (χ1v) is 9.55.